The topological polar surface area (TPSA) is 76.9 Å². The number of nitrogens with one attached hydrogen (secondary N) is 1. The Hall–Kier alpha value is -2.38. The largest absolute Gasteiger partial charge is 0.276 e. The maximum absolute atomic E-state index is 12.6. The van der Waals surface area contributed by atoms with E-state index in [9.17, 15) is 8.42 Å². The number of hydrogen-bond acceptors (Lipinski definition) is 4. The van der Waals surface area contributed by atoms with Crippen molar-refractivity contribution in [2.24, 2.45) is 7.05 Å². The van der Waals surface area contributed by atoms with Crippen molar-refractivity contribution in [3.8, 4) is 11.1 Å². The standard InChI is InChI=1S/C17H17ClN4O2S/c1-11-17(12(2)22(3)20-11)21-25(23,24)15-6-4-13(5-7-15)14-8-9-19-16(18)10-14/h4-10,21H,1-3H3. The molecular formula is C17H17ClN4O2S. The van der Waals surface area contributed by atoms with Gasteiger partial charge in [-0.05, 0) is 49.2 Å². The molecule has 1 aromatic carbocycles. The average molecular weight is 377 g/mol. The van der Waals surface area contributed by atoms with E-state index in [1.807, 2.05) is 13.0 Å². The lowest BCUT2D eigenvalue weighted by molar-refractivity contribution is 0.601. The quantitative estimate of drug-likeness (QED) is 0.706. The minimum absolute atomic E-state index is 0.180. The SMILES string of the molecule is Cc1nn(C)c(C)c1NS(=O)(=O)c1ccc(-c2ccnc(Cl)c2)cc1. The third-order valence-corrected chi connectivity index (χ3v) is 5.54. The third kappa shape index (κ3) is 3.52. The Labute approximate surface area is 151 Å². The molecule has 0 radical (unpaired) electrons. The molecular weight excluding hydrogens is 360 g/mol. The molecule has 0 bridgehead atoms. The Morgan fingerprint density at radius 1 is 1.08 bits per heavy atom. The molecule has 3 rings (SSSR count). The molecule has 0 aliphatic rings. The van der Waals surface area contributed by atoms with E-state index in [4.69, 9.17) is 11.6 Å². The van der Waals surface area contributed by atoms with Crippen LogP contribution in [0.1, 0.15) is 11.4 Å². The van der Waals surface area contributed by atoms with Crippen molar-refractivity contribution in [1.82, 2.24) is 14.8 Å². The van der Waals surface area contributed by atoms with Gasteiger partial charge >= 0.3 is 0 Å². The summed E-state index contributed by atoms with van der Waals surface area (Å²) in [6.07, 6.45) is 1.61. The maximum atomic E-state index is 12.6. The summed E-state index contributed by atoms with van der Waals surface area (Å²) in [5, 5.41) is 4.61. The highest BCUT2D eigenvalue weighted by atomic mass is 35.5. The van der Waals surface area contributed by atoms with E-state index >= 15 is 0 Å². The average Bonchev–Trinajstić information content (AvgIpc) is 2.81. The lowest BCUT2D eigenvalue weighted by atomic mass is 10.1. The van der Waals surface area contributed by atoms with E-state index in [1.165, 1.54) is 0 Å². The van der Waals surface area contributed by atoms with Crippen LogP contribution in [-0.2, 0) is 17.1 Å². The second-order valence-electron chi connectivity index (χ2n) is 5.67. The van der Waals surface area contributed by atoms with Crippen LogP contribution in [0.2, 0.25) is 5.15 Å². The predicted octanol–water partition coefficient (Wildman–Crippen LogP) is 3.55. The molecule has 0 spiro atoms. The first kappa shape index (κ1) is 17.4. The molecule has 0 unspecified atom stereocenters. The first-order valence-electron chi connectivity index (χ1n) is 7.53. The lowest BCUT2D eigenvalue weighted by Crippen LogP contribution is -2.14. The predicted molar refractivity (Wildman–Crippen MR) is 98.2 cm³/mol. The van der Waals surface area contributed by atoms with Gasteiger partial charge in [0, 0.05) is 13.2 Å². The van der Waals surface area contributed by atoms with Crippen molar-refractivity contribution >= 4 is 27.3 Å². The van der Waals surface area contributed by atoms with Crippen LogP contribution >= 0.6 is 11.6 Å². The fraction of sp³-hybridized carbons (Fsp3) is 0.176. The zero-order valence-electron chi connectivity index (χ0n) is 14.0. The van der Waals surface area contributed by atoms with Gasteiger partial charge in [0.15, 0.2) is 0 Å². The number of hydrogen-bond donors (Lipinski definition) is 1. The number of sulfonamides is 1. The van der Waals surface area contributed by atoms with Crippen LogP contribution in [-0.4, -0.2) is 23.2 Å². The summed E-state index contributed by atoms with van der Waals surface area (Å²) in [5.74, 6) is 0. The summed E-state index contributed by atoms with van der Waals surface area (Å²) in [6.45, 7) is 3.58. The number of halogens is 1. The summed E-state index contributed by atoms with van der Waals surface area (Å²) in [6, 6.07) is 10.1. The molecule has 0 aliphatic carbocycles. The van der Waals surface area contributed by atoms with Gasteiger partial charge in [0.05, 0.1) is 22.0 Å². The molecule has 2 heterocycles. The van der Waals surface area contributed by atoms with Gasteiger partial charge in [0.1, 0.15) is 5.15 Å². The monoisotopic (exact) mass is 376 g/mol. The van der Waals surface area contributed by atoms with E-state index in [0.717, 1.165) is 16.8 Å². The fourth-order valence-electron chi connectivity index (χ4n) is 2.52. The first-order chi connectivity index (χ1) is 11.8. The molecule has 0 saturated carbocycles. The van der Waals surface area contributed by atoms with Crippen LogP contribution in [0.5, 0.6) is 0 Å². The zero-order valence-corrected chi connectivity index (χ0v) is 15.6. The number of rotatable bonds is 4. The van der Waals surface area contributed by atoms with E-state index in [-0.39, 0.29) is 4.90 Å². The highest BCUT2D eigenvalue weighted by Crippen LogP contribution is 2.25. The molecule has 0 amide bonds. The van der Waals surface area contributed by atoms with Crippen molar-refractivity contribution in [3.63, 3.8) is 0 Å². The molecule has 0 aliphatic heterocycles. The number of aryl methyl sites for hydroxylation is 2. The first-order valence-corrected chi connectivity index (χ1v) is 9.39. The molecule has 25 heavy (non-hydrogen) atoms. The summed E-state index contributed by atoms with van der Waals surface area (Å²) in [4.78, 5) is 4.12. The van der Waals surface area contributed by atoms with Gasteiger partial charge in [-0.15, -0.1) is 0 Å². The van der Waals surface area contributed by atoms with Crippen LogP contribution in [0.3, 0.4) is 0 Å². The molecule has 0 atom stereocenters. The molecule has 6 nitrogen and oxygen atoms in total. The molecule has 0 fully saturated rings. The van der Waals surface area contributed by atoms with E-state index in [2.05, 4.69) is 14.8 Å². The minimum atomic E-state index is -3.69. The van der Waals surface area contributed by atoms with Gasteiger partial charge in [-0.2, -0.15) is 5.10 Å². The van der Waals surface area contributed by atoms with Crippen LogP contribution in [0.15, 0.2) is 47.5 Å². The summed E-state index contributed by atoms with van der Waals surface area (Å²) in [5.41, 5.74) is 3.62. The van der Waals surface area contributed by atoms with E-state index in [1.54, 1.807) is 55.2 Å². The number of benzene rings is 1. The van der Waals surface area contributed by atoms with Crippen LogP contribution in [0.25, 0.3) is 11.1 Å². The molecule has 0 saturated heterocycles. The zero-order chi connectivity index (χ0) is 18.2. The van der Waals surface area contributed by atoms with E-state index < -0.39 is 10.0 Å². The fourth-order valence-corrected chi connectivity index (χ4v) is 3.87. The Balaban J connectivity index is 1.90. The Bertz CT molecular complexity index is 1030. The van der Waals surface area contributed by atoms with Gasteiger partial charge in [0.2, 0.25) is 0 Å². The molecule has 1 N–H and O–H groups in total. The van der Waals surface area contributed by atoms with Gasteiger partial charge < -0.3 is 0 Å². The molecule has 2 aromatic heterocycles. The number of anilines is 1. The normalized spacial score (nSPS) is 11.5. The third-order valence-electron chi connectivity index (χ3n) is 3.97. The summed E-state index contributed by atoms with van der Waals surface area (Å²) >= 11 is 5.90. The molecule has 3 aromatic rings. The number of nitrogens with zero attached hydrogens (tertiary/aromatic N) is 3. The van der Waals surface area contributed by atoms with Crippen molar-refractivity contribution in [3.05, 3.63) is 59.1 Å². The van der Waals surface area contributed by atoms with E-state index in [0.29, 0.717) is 16.5 Å². The number of pyridine rings is 1. The minimum Gasteiger partial charge on any atom is -0.276 e. The van der Waals surface area contributed by atoms with Crippen molar-refractivity contribution in [2.45, 2.75) is 18.7 Å². The van der Waals surface area contributed by atoms with Gasteiger partial charge in [-0.25, -0.2) is 13.4 Å². The van der Waals surface area contributed by atoms with Crippen LogP contribution in [0, 0.1) is 13.8 Å². The van der Waals surface area contributed by atoms with Crippen LogP contribution < -0.4 is 4.72 Å². The lowest BCUT2D eigenvalue weighted by Gasteiger charge is -2.09. The summed E-state index contributed by atoms with van der Waals surface area (Å²) < 4.78 is 29.5. The summed E-state index contributed by atoms with van der Waals surface area (Å²) in [7, 11) is -1.92. The molecule has 8 heteroatoms. The number of aromatic nitrogens is 3. The molecule has 130 valence electrons. The smallest absolute Gasteiger partial charge is 0.262 e. The Kier molecular flexibility index (Phi) is 4.53. The highest BCUT2D eigenvalue weighted by Gasteiger charge is 2.19. The van der Waals surface area contributed by atoms with Crippen molar-refractivity contribution in [1.29, 1.82) is 0 Å². The Morgan fingerprint density at radius 2 is 1.76 bits per heavy atom. The Morgan fingerprint density at radius 3 is 2.32 bits per heavy atom. The maximum Gasteiger partial charge on any atom is 0.262 e. The van der Waals surface area contributed by atoms with Crippen molar-refractivity contribution < 1.29 is 8.42 Å². The van der Waals surface area contributed by atoms with Crippen molar-refractivity contribution in [2.75, 3.05) is 4.72 Å². The van der Waals surface area contributed by atoms with Gasteiger partial charge in [-0.1, -0.05) is 23.7 Å². The van der Waals surface area contributed by atoms with Crippen LogP contribution in [0.4, 0.5) is 5.69 Å². The second kappa shape index (κ2) is 6.50. The van der Waals surface area contributed by atoms with Gasteiger partial charge in [0.25, 0.3) is 10.0 Å². The second-order valence-corrected chi connectivity index (χ2v) is 7.74. The highest BCUT2D eigenvalue weighted by molar-refractivity contribution is 7.92. The van der Waals surface area contributed by atoms with Gasteiger partial charge in [-0.3, -0.25) is 9.40 Å².